The molecule has 2 nitrogen and oxygen atoms in total. The summed E-state index contributed by atoms with van der Waals surface area (Å²) in [7, 11) is 0. The maximum absolute atomic E-state index is 6.17. The number of halogens is 2. The number of benzene rings is 2. The molecule has 0 radical (unpaired) electrons. The second kappa shape index (κ2) is 8.37. The topological polar surface area (TPSA) is 6.48 Å². The number of hydrogen-bond acceptors (Lipinski definition) is 2. The van der Waals surface area contributed by atoms with Crippen molar-refractivity contribution in [1.29, 1.82) is 0 Å². The van der Waals surface area contributed by atoms with Gasteiger partial charge in [-0.1, -0.05) is 74.8 Å². The van der Waals surface area contributed by atoms with Crippen LogP contribution in [0, 0.1) is 16.2 Å². The Kier molecular flexibility index (Phi) is 6.24. The summed E-state index contributed by atoms with van der Waals surface area (Å²) in [5.74, 6) is 0. The highest BCUT2D eigenvalue weighted by Gasteiger charge is 2.71. The van der Waals surface area contributed by atoms with E-state index in [9.17, 15) is 0 Å². The van der Waals surface area contributed by atoms with Crippen LogP contribution in [-0.4, -0.2) is 42.5 Å². The van der Waals surface area contributed by atoms with Gasteiger partial charge in [0.1, 0.15) is 0 Å². The van der Waals surface area contributed by atoms with Crippen molar-refractivity contribution < 1.29 is 0 Å². The lowest BCUT2D eigenvalue weighted by Crippen LogP contribution is -2.70. The lowest BCUT2D eigenvalue weighted by atomic mass is 9.29. The van der Waals surface area contributed by atoms with Gasteiger partial charge in [0.05, 0.1) is 6.04 Å². The van der Waals surface area contributed by atoms with Crippen molar-refractivity contribution in [2.45, 2.75) is 46.1 Å². The van der Waals surface area contributed by atoms with Crippen LogP contribution in [0.3, 0.4) is 0 Å². The fraction of sp³-hybridized carbons (Fsp3) is 0.556. The van der Waals surface area contributed by atoms with Crippen molar-refractivity contribution in [3.05, 3.63) is 70.7 Å². The molecular formula is C27H36Cl2N2. The molecule has 1 aliphatic heterocycles. The van der Waals surface area contributed by atoms with E-state index in [1.54, 1.807) is 0 Å². The van der Waals surface area contributed by atoms with Crippen LogP contribution in [-0.2, 0) is 0 Å². The smallest absolute Gasteiger partial charge is 0.0602 e. The van der Waals surface area contributed by atoms with Crippen LogP contribution in [0.1, 0.15) is 57.2 Å². The molecule has 31 heavy (non-hydrogen) atoms. The van der Waals surface area contributed by atoms with E-state index in [4.69, 9.17) is 11.6 Å². The van der Waals surface area contributed by atoms with Gasteiger partial charge in [-0.2, -0.15) is 0 Å². The summed E-state index contributed by atoms with van der Waals surface area (Å²) in [6.45, 7) is 13.3. The zero-order valence-corrected chi connectivity index (χ0v) is 20.7. The summed E-state index contributed by atoms with van der Waals surface area (Å²) >= 11 is 6.17. The molecule has 3 saturated carbocycles. The first-order chi connectivity index (χ1) is 14.3. The van der Waals surface area contributed by atoms with E-state index in [0.29, 0.717) is 22.3 Å². The molecule has 4 aliphatic rings. The van der Waals surface area contributed by atoms with Crippen LogP contribution in [0.4, 0.5) is 0 Å². The minimum absolute atomic E-state index is 0. The van der Waals surface area contributed by atoms with Crippen molar-refractivity contribution in [1.82, 2.24) is 9.80 Å². The van der Waals surface area contributed by atoms with Crippen LogP contribution in [0.2, 0.25) is 5.02 Å². The fourth-order valence-corrected chi connectivity index (χ4v) is 6.64. The first kappa shape index (κ1) is 23.1. The first-order valence-corrected chi connectivity index (χ1v) is 11.9. The third kappa shape index (κ3) is 4.17. The summed E-state index contributed by atoms with van der Waals surface area (Å²) in [5.41, 5.74) is 4.49. The maximum Gasteiger partial charge on any atom is 0.0602 e. The quantitative estimate of drug-likeness (QED) is 0.492. The van der Waals surface area contributed by atoms with E-state index < -0.39 is 0 Å². The zero-order chi connectivity index (χ0) is 21.0. The lowest BCUT2D eigenvalue weighted by Gasteiger charge is -2.76. The Morgan fingerprint density at radius 2 is 1.39 bits per heavy atom. The molecule has 2 bridgehead atoms. The van der Waals surface area contributed by atoms with E-state index in [-0.39, 0.29) is 12.4 Å². The van der Waals surface area contributed by atoms with Crippen molar-refractivity contribution >= 4 is 24.0 Å². The minimum Gasteiger partial charge on any atom is -0.300 e. The SMILES string of the molecule is CC(C)(C)C12CC(CN3CCN(C(c4ccccc4)c4ccc(Cl)cc4)CC3)(C1)C2.Cl. The molecule has 4 fully saturated rings. The highest BCUT2D eigenvalue weighted by atomic mass is 35.5. The standard InChI is InChI=1S/C27H35ClN2.ClH/c1-25(2,3)27-17-26(18-27,19-27)20-29-13-15-30(16-14-29)24(21-7-5-4-6-8-21)22-9-11-23(28)12-10-22;/h4-12,24H,13-20H2,1-3H3;1H. The van der Waals surface area contributed by atoms with Crippen LogP contribution in [0.25, 0.3) is 0 Å². The molecule has 3 aliphatic carbocycles. The summed E-state index contributed by atoms with van der Waals surface area (Å²) in [4.78, 5) is 5.40. The normalized spacial score (nSPS) is 29.4. The molecule has 1 atom stereocenters. The van der Waals surface area contributed by atoms with Crippen LogP contribution < -0.4 is 0 Å². The Labute approximate surface area is 199 Å². The van der Waals surface area contributed by atoms with Gasteiger partial charge in [0.15, 0.2) is 0 Å². The Balaban J connectivity index is 0.00000231. The van der Waals surface area contributed by atoms with E-state index in [1.807, 2.05) is 12.1 Å². The average Bonchev–Trinajstić information content (AvgIpc) is 2.66. The third-order valence-electron chi connectivity index (χ3n) is 8.36. The first-order valence-electron chi connectivity index (χ1n) is 11.6. The molecule has 1 saturated heterocycles. The van der Waals surface area contributed by atoms with Gasteiger partial charge in [-0.05, 0) is 58.8 Å². The monoisotopic (exact) mass is 458 g/mol. The maximum atomic E-state index is 6.17. The van der Waals surface area contributed by atoms with Crippen molar-refractivity contribution in [2.24, 2.45) is 16.2 Å². The second-order valence-corrected chi connectivity index (χ2v) is 11.7. The second-order valence-electron chi connectivity index (χ2n) is 11.2. The van der Waals surface area contributed by atoms with Gasteiger partial charge in [0.25, 0.3) is 0 Å². The molecule has 4 heteroatoms. The highest BCUT2D eigenvalue weighted by Crippen LogP contribution is 2.79. The predicted molar refractivity (Wildman–Crippen MR) is 133 cm³/mol. The molecular weight excluding hydrogens is 423 g/mol. The van der Waals surface area contributed by atoms with Gasteiger partial charge in [0, 0.05) is 37.7 Å². The van der Waals surface area contributed by atoms with Crippen molar-refractivity contribution in [3.63, 3.8) is 0 Å². The largest absolute Gasteiger partial charge is 0.300 e. The average molecular weight is 460 g/mol. The number of nitrogens with zero attached hydrogens (tertiary/aromatic N) is 2. The molecule has 0 amide bonds. The molecule has 168 valence electrons. The summed E-state index contributed by atoms with van der Waals surface area (Å²) in [5, 5.41) is 0.807. The fourth-order valence-electron chi connectivity index (χ4n) is 6.51. The number of hydrogen-bond donors (Lipinski definition) is 0. The minimum atomic E-state index is 0. The number of piperazine rings is 1. The highest BCUT2D eigenvalue weighted by molar-refractivity contribution is 6.30. The van der Waals surface area contributed by atoms with E-state index in [1.165, 1.54) is 50.0 Å². The molecule has 1 unspecified atom stereocenters. The lowest BCUT2D eigenvalue weighted by molar-refractivity contribution is -0.266. The summed E-state index contributed by atoms with van der Waals surface area (Å²) in [6.07, 6.45) is 4.38. The Bertz CT molecular complexity index is 860. The molecule has 0 N–H and O–H groups in total. The summed E-state index contributed by atoms with van der Waals surface area (Å²) < 4.78 is 0. The van der Waals surface area contributed by atoms with Crippen molar-refractivity contribution in [2.75, 3.05) is 32.7 Å². The Morgan fingerprint density at radius 1 is 0.839 bits per heavy atom. The van der Waals surface area contributed by atoms with Crippen LogP contribution >= 0.6 is 24.0 Å². The molecule has 0 spiro atoms. The van der Waals surface area contributed by atoms with Gasteiger partial charge in [-0.25, -0.2) is 0 Å². The van der Waals surface area contributed by atoms with E-state index in [2.05, 4.69) is 73.0 Å². The Hall–Kier alpha value is -1.06. The molecule has 2 aromatic carbocycles. The van der Waals surface area contributed by atoms with Crippen LogP contribution in [0.5, 0.6) is 0 Å². The van der Waals surface area contributed by atoms with E-state index >= 15 is 0 Å². The van der Waals surface area contributed by atoms with Gasteiger partial charge in [-0.15, -0.1) is 12.4 Å². The summed E-state index contributed by atoms with van der Waals surface area (Å²) in [6, 6.07) is 19.7. The number of rotatable bonds is 5. The van der Waals surface area contributed by atoms with Crippen LogP contribution in [0.15, 0.2) is 54.6 Å². The van der Waals surface area contributed by atoms with Gasteiger partial charge in [0.2, 0.25) is 0 Å². The van der Waals surface area contributed by atoms with Crippen molar-refractivity contribution in [3.8, 4) is 0 Å². The third-order valence-corrected chi connectivity index (χ3v) is 8.62. The predicted octanol–water partition coefficient (Wildman–Crippen LogP) is 6.69. The van der Waals surface area contributed by atoms with Gasteiger partial charge >= 0.3 is 0 Å². The molecule has 1 heterocycles. The molecule has 2 aromatic rings. The molecule has 0 aromatic heterocycles. The van der Waals surface area contributed by atoms with Gasteiger partial charge in [-0.3, -0.25) is 4.90 Å². The van der Waals surface area contributed by atoms with Gasteiger partial charge < -0.3 is 4.90 Å². The van der Waals surface area contributed by atoms with E-state index in [0.717, 1.165) is 18.1 Å². The molecule has 6 rings (SSSR count). The zero-order valence-electron chi connectivity index (χ0n) is 19.1. The Morgan fingerprint density at radius 3 is 1.94 bits per heavy atom.